The molecule has 0 unspecified atom stereocenters. The predicted octanol–water partition coefficient (Wildman–Crippen LogP) is 13.8. The fraction of sp³-hybridized carbons (Fsp3) is 0. The van der Waals surface area contributed by atoms with E-state index in [1.54, 1.807) is 0 Å². The standard InChI is InChI=1S/C48H31NO/c1-4-18-37-32(13-1)16-11-23-38(37)34-27-29-36(30-28-34)49(44-25-12-17-33-14-2-5-19-39(33)44)45-24-9-7-21-41(45)43-31-35-15-3-6-20-40(35)48-47(43)42-22-8-10-26-46(42)50-48/h1-31H. The molecule has 50 heavy (non-hydrogen) atoms. The lowest BCUT2D eigenvalue weighted by atomic mass is 9.93. The molecule has 0 spiro atoms. The molecule has 0 aliphatic heterocycles. The summed E-state index contributed by atoms with van der Waals surface area (Å²) in [6, 6.07) is 67.5. The molecule has 0 aliphatic rings. The van der Waals surface area contributed by atoms with Crippen LogP contribution >= 0.6 is 0 Å². The third-order valence-electron chi connectivity index (χ3n) is 10.0. The molecule has 0 saturated carbocycles. The minimum absolute atomic E-state index is 0.896. The number of rotatable bonds is 5. The molecule has 10 rings (SSSR count). The molecule has 0 N–H and O–H groups in total. The molecule has 234 valence electrons. The highest BCUT2D eigenvalue weighted by atomic mass is 16.3. The molecule has 0 bridgehead atoms. The van der Waals surface area contributed by atoms with Crippen molar-refractivity contribution in [2.75, 3.05) is 4.90 Å². The highest BCUT2D eigenvalue weighted by Crippen LogP contribution is 2.48. The van der Waals surface area contributed by atoms with E-state index >= 15 is 0 Å². The van der Waals surface area contributed by atoms with E-state index in [1.807, 2.05) is 6.07 Å². The SMILES string of the molecule is c1ccc(N(c2ccc(-c3cccc4ccccc34)cc2)c2cccc3ccccc23)c(-c2cc3ccccc3c3oc4ccccc4c23)c1. The van der Waals surface area contributed by atoms with Crippen LogP contribution in [0.3, 0.4) is 0 Å². The number of fused-ring (bicyclic) bond motifs is 7. The van der Waals surface area contributed by atoms with Gasteiger partial charge in [0.05, 0.1) is 11.4 Å². The molecule has 0 aliphatic carbocycles. The largest absolute Gasteiger partial charge is 0.455 e. The molecule has 0 radical (unpaired) electrons. The average molecular weight is 638 g/mol. The first-order chi connectivity index (χ1) is 24.8. The second-order valence-electron chi connectivity index (χ2n) is 12.9. The first kappa shape index (κ1) is 28.4. The van der Waals surface area contributed by atoms with Gasteiger partial charge in [-0.1, -0.05) is 152 Å². The quantitative estimate of drug-likeness (QED) is 0.187. The van der Waals surface area contributed by atoms with Crippen LogP contribution in [-0.4, -0.2) is 0 Å². The van der Waals surface area contributed by atoms with Crippen LogP contribution in [0.5, 0.6) is 0 Å². The highest BCUT2D eigenvalue weighted by Gasteiger charge is 2.23. The van der Waals surface area contributed by atoms with Gasteiger partial charge in [0.15, 0.2) is 0 Å². The predicted molar refractivity (Wildman–Crippen MR) is 212 cm³/mol. The van der Waals surface area contributed by atoms with Crippen LogP contribution in [0.15, 0.2) is 192 Å². The van der Waals surface area contributed by atoms with Gasteiger partial charge in [0.2, 0.25) is 0 Å². The molecule has 0 amide bonds. The van der Waals surface area contributed by atoms with Crippen LogP contribution in [0.1, 0.15) is 0 Å². The molecule has 2 nitrogen and oxygen atoms in total. The van der Waals surface area contributed by atoms with Crippen molar-refractivity contribution in [2.24, 2.45) is 0 Å². The number of furan rings is 1. The fourth-order valence-corrected chi connectivity index (χ4v) is 7.75. The summed E-state index contributed by atoms with van der Waals surface area (Å²) < 4.78 is 6.63. The number of benzene rings is 9. The Morgan fingerprint density at radius 1 is 0.360 bits per heavy atom. The summed E-state index contributed by atoms with van der Waals surface area (Å²) in [5.74, 6) is 0. The van der Waals surface area contributed by atoms with E-state index in [0.29, 0.717) is 0 Å². The number of para-hydroxylation sites is 2. The lowest BCUT2D eigenvalue weighted by molar-refractivity contribution is 0.673. The van der Waals surface area contributed by atoms with Gasteiger partial charge >= 0.3 is 0 Å². The van der Waals surface area contributed by atoms with Gasteiger partial charge in [-0.2, -0.15) is 0 Å². The summed E-state index contributed by atoms with van der Waals surface area (Å²) in [5, 5.41) is 9.43. The number of anilines is 3. The van der Waals surface area contributed by atoms with Gasteiger partial charge in [-0.15, -0.1) is 0 Å². The Hall–Kier alpha value is -6.64. The van der Waals surface area contributed by atoms with E-state index in [0.717, 1.165) is 60.9 Å². The Bertz CT molecular complexity index is 2870. The lowest BCUT2D eigenvalue weighted by Crippen LogP contribution is -2.11. The molecule has 1 heterocycles. The Morgan fingerprint density at radius 2 is 0.920 bits per heavy atom. The topological polar surface area (TPSA) is 16.4 Å². The van der Waals surface area contributed by atoms with Crippen LogP contribution in [0.25, 0.3) is 76.5 Å². The molecule has 1 aromatic heterocycles. The number of nitrogens with zero attached hydrogens (tertiary/aromatic N) is 1. The third-order valence-corrected chi connectivity index (χ3v) is 10.0. The average Bonchev–Trinajstić information content (AvgIpc) is 3.58. The Balaban J connectivity index is 1.24. The normalized spacial score (nSPS) is 11.6. The summed E-state index contributed by atoms with van der Waals surface area (Å²) in [6.45, 7) is 0. The van der Waals surface area contributed by atoms with Crippen molar-refractivity contribution in [1.82, 2.24) is 0 Å². The maximum absolute atomic E-state index is 6.63. The second kappa shape index (κ2) is 11.5. The van der Waals surface area contributed by atoms with E-state index in [-0.39, 0.29) is 0 Å². The van der Waals surface area contributed by atoms with Crippen molar-refractivity contribution in [1.29, 1.82) is 0 Å². The van der Waals surface area contributed by atoms with Gasteiger partial charge < -0.3 is 9.32 Å². The maximum Gasteiger partial charge on any atom is 0.143 e. The van der Waals surface area contributed by atoms with Crippen molar-refractivity contribution in [3.8, 4) is 22.3 Å². The zero-order chi connectivity index (χ0) is 33.0. The monoisotopic (exact) mass is 637 g/mol. The molecule has 9 aromatic carbocycles. The summed E-state index contributed by atoms with van der Waals surface area (Å²) in [6.07, 6.45) is 0. The summed E-state index contributed by atoms with van der Waals surface area (Å²) >= 11 is 0. The Kier molecular flexibility index (Phi) is 6.53. The minimum atomic E-state index is 0.896. The van der Waals surface area contributed by atoms with Crippen LogP contribution in [0.2, 0.25) is 0 Å². The molecular weight excluding hydrogens is 607 g/mol. The summed E-state index contributed by atoms with van der Waals surface area (Å²) in [7, 11) is 0. The van der Waals surface area contributed by atoms with Crippen molar-refractivity contribution >= 4 is 71.3 Å². The van der Waals surface area contributed by atoms with Gasteiger partial charge in [0.1, 0.15) is 11.2 Å². The fourth-order valence-electron chi connectivity index (χ4n) is 7.75. The number of hydrogen-bond donors (Lipinski definition) is 0. The molecule has 10 aromatic rings. The first-order valence-electron chi connectivity index (χ1n) is 17.1. The maximum atomic E-state index is 6.63. The van der Waals surface area contributed by atoms with Gasteiger partial charge in [0, 0.05) is 32.8 Å². The van der Waals surface area contributed by atoms with Crippen LogP contribution < -0.4 is 4.90 Å². The smallest absolute Gasteiger partial charge is 0.143 e. The van der Waals surface area contributed by atoms with E-state index in [2.05, 4.69) is 187 Å². The van der Waals surface area contributed by atoms with Crippen molar-refractivity contribution in [3.63, 3.8) is 0 Å². The van der Waals surface area contributed by atoms with Crippen LogP contribution in [0.4, 0.5) is 17.1 Å². The van der Waals surface area contributed by atoms with Crippen molar-refractivity contribution in [2.45, 2.75) is 0 Å². The molecule has 0 atom stereocenters. The lowest BCUT2D eigenvalue weighted by Gasteiger charge is -2.29. The Labute approximate surface area is 290 Å². The van der Waals surface area contributed by atoms with E-state index in [1.165, 1.54) is 32.7 Å². The van der Waals surface area contributed by atoms with Crippen molar-refractivity contribution in [3.05, 3.63) is 188 Å². The van der Waals surface area contributed by atoms with Gasteiger partial charge in [-0.3, -0.25) is 0 Å². The highest BCUT2D eigenvalue weighted by molar-refractivity contribution is 6.22. The van der Waals surface area contributed by atoms with Crippen LogP contribution in [0, 0.1) is 0 Å². The zero-order valence-electron chi connectivity index (χ0n) is 27.3. The van der Waals surface area contributed by atoms with Crippen LogP contribution in [-0.2, 0) is 0 Å². The Morgan fingerprint density at radius 3 is 1.74 bits per heavy atom. The zero-order valence-corrected chi connectivity index (χ0v) is 27.3. The third kappa shape index (κ3) is 4.50. The molecule has 0 fully saturated rings. The molecular formula is C48H31NO. The number of hydrogen-bond acceptors (Lipinski definition) is 2. The van der Waals surface area contributed by atoms with E-state index in [9.17, 15) is 0 Å². The first-order valence-corrected chi connectivity index (χ1v) is 17.1. The summed E-state index contributed by atoms with van der Waals surface area (Å²) in [4.78, 5) is 2.42. The van der Waals surface area contributed by atoms with Gasteiger partial charge in [-0.05, 0) is 74.6 Å². The second-order valence-corrected chi connectivity index (χ2v) is 12.9. The minimum Gasteiger partial charge on any atom is -0.455 e. The van der Waals surface area contributed by atoms with E-state index < -0.39 is 0 Å². The van der Waals surface area contributed by atoms with Gasteiger partial charge in [-0.25, -0.2) is 0 Å². The van der Waals surface area contributed by atoms with Crippen molar-refractivity contribution < 1.29 is 4.42 Å². The molecule has 0 saturated heterocycles. The summed E-state index contributed by atoms with van der Waals surface area (Å²) in [5.41, 5.74) is 9.85. The van der Waals surface area contributed by atoms with E-state index in [4.69, 9.17) is 4.42 Å². The van der Waals surface area contributed by atoms with Gasteiger partial charge in [0.25, 0.3) is 0 Å². The molecule has 2 heteroatoms.